The lowest BCUT2D eigenvalue weighted by atomic mass is 9.83. The number of benzene rings is 1. The van der Waals surface area contributed by atoms with Gasteiger partial charge in [-0.25, -0.2) is 4.39 Å². The van der Waals surface area contributed by atoms with E-state index < -0.39 is 5.92 Å². The third kappa shape index (κ3) is 2.71. The first-order valence-electron chi connectivity index (χ1n) is 8.68. The summed E-state index contributed by atoms with van der Waals surface area (Å²) in [7, 11) is 0. The van der Waals surface area contributed by atoms with E-state index in [-0.39, 0.29) is 29.6 Å². The van der Waals surface area contributed by atoms with E-state index in [4.69, 9.17) is 4.74 Å². The molecule has 3 atom stereocenters. The van der Waals surface area contributed by atoms with Crippen molar-refractivity contribution in [2.24, 2.45) is 11.8 Å². The molecule has 4 rings (SSSR count). The van der Waals surface area contributed by atoms with Crippen molar-refractivity contribution in [2.45, 2.75) is 13.0 Å². The smallest absolute Gasteiger partial charge is 0.237 e. The zero-order valence-corrected chi connectivity index (χ0v) is 14.3. The van der Waals surface area contributed by atoms with Crippen LogP contribution in [-0.2, 0) is 14.3 Å². The van der Waals surface area contributed by atoms with Gasteiger partial charge in [-0.2, -0.15) is 0 Å². The number of allylic oxidation sites excluding steroid dienone is 1. The predicted octanol–water partition coefficient (Wildman–Crippen LogP) is 2.64. The number of anilines is 1. The molecule has 0 saturated carbocycles. The van der Waals surface area contributed by atoms with E-state index in [1.165, 1.54) is 24.3 Å². The number of likely N-dealkylation sites (tertiary alicyclic amines) is 1. The molecule has 3 unspecified atom stereocenters. The number of carbonyl (C=O) groups excluding carboxylic acids is 2. The molecule has 2 heterocycles. The highest BCUT2D eigenvalue weighted by molar-refractivity contribution is 6.08. The molecule has 1 fully saturated rings. The molecule has 2 amide bonds. The monoisotopic (exact) mass is 354 g/mol. The molecule has 0 radical (unpaired) electrons. The Labute approximate surface area is 150 Å². The molecule has 134 valence electrons. The summed E-state index contributed by atoms with van der Waals surface area (Å²) in [4.78, 5) is 27.4. The number of rotatable bonds is 3. The Hall–Kier alpha value is -2.89. The minimum absolute atomic E-state index is 0.165. The Morgan fingerprint density at radius 2 is 2.08 bits per heavy atom. The van der Waals surface area contributed by atoms with Gasteiger partial charge >= 0.3 is 0 Å². The first kappa shape index (κ1) is 16.6. The van der Waals surface area contributed by atoms with Gasteiger partial charge in [0, 0.05) is 23.7 Å². The van der Waals surface area contributed by atoms with Crippen molar-refractivity contribution in [3.63, 3.8) is 0 Å². The molecular weight excluding hydrogens is 335 g/mol. The van der Waals surface area contributed by atoms with Crippen LogP contribution in [0.5, 0.6) is 0 Å². The van der Waals surface area contributed by atoms with Gasteiger partial charge in [-0.1, -0.05) is 12.2 Å². The van der Waals surface area contributed by atoms with Gasteiger partial charge in [-0.15, -0.1) is 0 Å². The number of amides is 2. The molecule has 3 aliphatic rings. The Morgan fingerprint density at radius 1 is 1.31 bits per heavy atom. The van der Waals surface area contributed by atoms with E-state index in [0.717, 1.165) is 11.3 Å². The molecule has 1 aromatic carbocycles. The van der Waals surface area contributed by atoms with Crippen molar-refractivity contribution in [3.8, 4) is 0 Å². The molecular formula is C20H19FN2O3. The van der Waals surface area contributed by atoms with Crippen LogP contribution in [0, 0.1) is 17.7 Å². The minimum atomic E-state index is -0.829. The second-order valence-electron chi connectivity index (χ2n) is 6.53. The fraction of sp³-hybridized carbons (Fsp3) is 0.300. The highest BCUT2D eigenvalue weighted by atomic mass is 19.1. The number of fused-ring (bicyclic) bond motifs is 2. The van der Waals surface area contributed by atoms with Crippen molar-refractivity contribution in [2.75, 3.05) is 18.5 Å². The summed E-state index contributed by atoms with van der Waals surface area (Å²) in [6.07, 6.45) is 7.80. The zero-order valence-electron chi connectivity index (χ0n) is 14.3. The molecule has 1 aliphatic carbocycles. The lowest BCUT2D eigenvalue weighted by molar-refractivity contribution is -0.136. The molecule has 0 aromatic heterocycles. The Bertz CT molecular complexity index is 841. The third-order valence-corrected chi connectivity index (χ3v) is 5.03. The van der Waals surface area contributed by atoms with Crippen molar-refractivity contribution < 1.29 is 18.7 Å². The second-order valence-corrected chi connectivity index (χ2v) is 6.53. The quantitative estimate of drug-likeness (QED) is 0.849. The number of nitrogens with one attached hydrogen (secondary N) is 1. The lowest BCUT2D eigenvalue weighted by Crippen LogP contribution is -2.35. The molecule has 2 aliphatic heterocycles. The number of nitrogens with zero attached hydrogens (tertiary/aromatic N) is 1. The molecule has 0 bridgehead atoms. The van der Waals surface area contributed by atoms with E-state index in [1.807, 2.05) is 31.2 Å². The number of ether oxygens (including phenoxy) is 1. The molecule has 1 aromatic rings. The maximum absolute atomic E-state index is 13.1. The second kappa shape index (κ2) is 6.44. The Morgan fingerprint density at radius 3 is 2.81 bits per heavy atom. The summed E-state index contributed by atoms with van der Waals surface area (Å²) >= 11 is 0. The predicted molar refractivity (Wildman–Crippen MR) is 94.4 cm³/mol. The van der Waals surface area contributed by atoms with Crippen LogP contribution in [0.1, 0.15) is 6.92 Å². The van der Waals surface area contributed by atoms with Gasteiger partial charge in [0.1, 0.15) is 24.1 Å². The largest absolute Gasteiger partial charge is 0.489 e. The zero-order chi connectivity index (χ0) is 18.3. The van der Waals surface area contributed by atoms with Crippen LogP contribution in [0.25, 0.3) is 0 Å². The molecule has 5 nitrogen and oxygen atoms in total. The summed E-state index contributed by atoms with van der Waals surface area (Å²) < 4.78 is 18.7. The molecule has 0 spiro atoms. The third-order valence-electron chi connectivity index (χ3n) is 5.03. The van der Waals surface area contributed by atoms with Crippen molar-refractivity contribution in [3.05, 3.63) is 65.7 Å². The average Bonchev–Trinajstić information content (AvgIpc) is 2.92. The van der Waals surface area contributed by atoms with Gasteiger partial charge in [0.15, 0.2) is 0 Å². The summed E-state index contributed by atoms with van der Waals surface area (Å²) in [6.45, 7) is 2.91. The number of hydrogen-bond donors (Lipinski definition) is 1. The highest BCUT2D eigenvalue weighted by Gasteiger charge is 2.50. The maximum atomic E-state index is 13.1. The molecule has 6 heteroatoms. The van der Waals surface area contributed by atoms with Gasteiger partial charge in [-0.3, -0.25) is 9.59 Å². The van der Waals surface area contributed by atoms with Gasteiger partial charge in [0.2, 0.25) is 11.8 Å². The standard InChI is InChI=1S/C20H19FN2O3/c1-2-23-16-10-12-4-3-9-26-17(12)11-15(16)18(20(23)25)19(24)22-14-7-5-13(21)6-8-14/h3-8,10-11,15-16,18H,2,9H2,1H3,(H,22,24). The first-order valence-corrected chi connectivity index (χ1v) is 8.68. The van der Waals surface area contributed by atoms with E-state index >= 15 is 0 Å². The van der Waals surface area contributed by atoms with Crippen molar-refractivity contribution in [1.82, 2.24) is 4.90 Å². The number of likely N-dealkylation sites (N-methyl/N-ethyl adjacent to an activating group) is 1. The van der Waals surface area contributed by atoms with Crippen LogP contribution in [0.15, 0.2) is 59.9 Å². The van der Waals surface area contributed by atoms with Crippen LogP contribution < -0.4 is 5.32 Å². The first-order chi connectivity index (χ1) is 12.6. The highest BCUT2D eigenvalue weighted by Crippen LogP contribution is 2.40. The van der Waals surface area contributed by atoms with Gasteiger partial charge < -0.3 is 15.0 Å². The molecule has 1 saturated heterocycles. The van der Waals surface area contributed by atoms with Crippen molar-refractivity contribution in [1.29, 1.82) is 0 Å². The fourth-order valence-corrected chi connectivity index (χ4v) is 3.82. The number of carbonyl (C=O) groups is 2. The van der Waals surface area contributed by atoms with Crippen molar-refractivity contribution >= 4 is 17.5 Å². The SMILES string of the molecule is CCN1C(=O)C(C(=O)Nc2ccc(F)cc2)C2C=C3OCC=CC3=CC21. The van der Waals surface area contributed by atoms with E-state index in [9.17, 15) is 14.0 Å². The molecule has 1 N–H and O–H groups in total. The summed E-state index contributed by atoms with van der Waals surface area (Å²) in [5.74, 6) is -1.35. The minimum Gasteiger partial charge on any atom is -0.489 e. The lowest BCUT2D eigenvalue weighted by Gasteiger charge is -2.29. The number of hydrogen-bond acceptors (Lipinski definition) is 3. The Balaban J connectivity index is 1.63. The van der Waals surface area contributed by atoms with Crippen LogP contribution >= 0.6 is 0 Å². The maximum Gasteiger partial charge on any atom is 0.237 e. The average molecular weight is 354 g/mol. The van der Waals surface area contributed by atoms with Crippen LogP contribution in [0.4, 0.5) is 10.1 Å². The van der Waals surface area contributed by atoms with Gasteiger partial charge in [-0.05, 0) is 43.3 Å². The van der Waals surface area contributed by atoms with Gasteiger partial charge in [0.25, 0.3) is 0 Å². The Kier molecular flexibility index (Phi) is 4.11. The molecule has 26 heavy (non-hydrogen) atoms. The topological polar surface area (TPSA) is 58.6 Å². The summed E-state index contributed by atoms with van der Waals surface area (Å²) in [6, 6.07) is 5.34. The normalized spacial score (nSPS) is 26.5. The van der Waals surface area contributed by atoms with E-state index in [0.29, 0.717) is 18.8 Å². The van der Waals surface area contributed by atoms with Crippen LogP contribution in [0.3, 0.4) is 0 Å². The van der Waals surface area contributed by atoms with Gasteiger partial charge in [0.05, 0.1) is 6.04 Å². The van der Waals surface area contributed by atoms with E-state index in [1.54, 1.807) is 4.90 Å². The number of halogens is 1. The fourth-order valence-electron chi connectivity index (χ4n) is 3.82. The summed E-state index contributed by atoms with van der Waals surface area (Å²) in [5.41, 5.74) is 1.41. The van der Waals surface area contributed by atoms with Crippen LogP contribution in [0.2, 0.25) is 0 Å². The van der Waals surface area contributed by atoms with E-state index in [2.05, 4.69) is 5.32 Å². The summed E-state index contributed by atoms with van der Waals surface area (Å²) in [5, 5.41) is 2.73. The van der Waals surface area contributed by atoms with Crippen LogP contribution in [-0.4, -0.2) is 35.9 Å².